The van der Waals surface area contributed by atoms with E-state index in [1.807, 2.05) is 0 Å². The number of aryl methyl sites for hydroxylation is 3. The molecule has 112 valence electrons. The van der Waals surface area contributed by atoms with Crippen LogP contribution in [0.25, 0.3) is 0 Å². The van der Waals surface area contributed by atoms with E-state index in [2.05, 4.69) is 75.3 Å². The van der Waals surface area contributed by atoms with Crippen molar-refractivity contribution >= 4 is 5.69 Å². The van der Waals surface area contributed by atoms with Crippen LogP contribution in [-0.2, 0) is 6.42 Å². The minimum absolute atomic E-state index is 0.110. The largest absolute Gasteiger partial charge is 0.378 e. The first kappa shape index (κ1) is 15.6. The van der Waals surface area contributed by atoms with E-state index in [1.165, 1.54) is 27.9 Å². The molecule has 0 amide bonds. The molecular weight excluding hydrogens is 256 g/mol. The summed E-state index contributed by atoms with van der Waals surface area (Å²) in [6.07, 6.45) is 1.99. The summed E-state index contributed by atoms with van der Waals surface area (Å²) in [5.41, 5.74) is 12.8. The second kappa shape index (κ2) is 6.77. The van der Waals surface area contributed by atoms with Gasteiger partial charge < -0.3 is 10.6 Å². The normalized spacial score (nSPS) is 12.2. The van der Waals surface area contributed by atoms with Crippen LogP contribution in [-0.4, -0.2) is 14.1 Å². The van der Waals surface area contributed by atoms with Crippen molar-refractivity contribution in [2.75, 3.05) is 19.0 Å². The Morgan fingerprint density at radius 1 is 1.00 bits per heavy atom. The van der Waals surface area contributed by atoms with E-state index >= 15 is 0 Å². The number of hydrogen-bond acceptors (Lipinski definition) is 2. The molecule has 1 atom stereocenters. The number of benzene rings is 2. The van der Waals surface area contributed by atoms with Gasteiger partial charge in [0.05, 0.1) is 0 Å². The maximum Gasteiger partial charge on any atom is 0.0361 e. The summed E-state index contributed by atoms with van der Waals surface area (Å²) in [5.74, 6) is 0. The van der Waals surface area contributed by atoms with Gasteiger partial charge in [0, 0.05) is 25.8 Å². The molecule has 0 saturated carbocycles. The third-order valence-corrected chi connectivity index (χ3v) is 4.03. The average Bonchev–Trinajstić information content (AvgIpc) is 2.47. The van der Waals surface area contributed by atoms with E-state index in [0.29, 0.717) is 0 Å². The van der Waals surface area contributed by atoms with Gasteiger partial charge in [-0.05, 0) is 55.5 Å². The molecule has 2 heteroatoms. The number of nitrogens with zero attached hydrogens (tertiary/aromatic N) is 1. The molecule has 2 rings (SSSR count). The molecule has 2 aromatic rings. The standard InChI is InChI=1S/C19H26N2/c1-14-5-6-15(2)18(13-14)19(20)12-9-16-7-10-17(11-8-16)21(3)4/h5-8,10-11,13,19H,9,12,20H2,1-4H3. The highest BCUT2D eigenvalue weighted by Crippen LogP contribution is 2.22. The topological polar surface area (TPSA) is 29.3 Å². The van der Waals surface area contributed by atoms with Gasteiger partial charge in [-0.25, -0.2) is 0 Å². The van der Waals surface area contributed by atoms with E-state index in [4.69, 9.17) is 5.73 Å². The fourth-order valence-corrected chi connectivity index (χ4v) is 2.60. The van der Waals surface area contributed by atoms with Crippen LogP contribution >= 0.6 is 0 Å². The van der Waals surface area contributed by atoms with E-state index < -0.39 is 0 Å². The van der Waals surface area contributed by atoms with Gasteiger partial charge in [0.15, 0.2) is 0 Å². The monoisotopic (exact) mass is 282 g/mol. The molecule has 0 aliphatic carbocycles. The van der Waals surface area contributed by atoms with Gasteiger partial charge >= 0.3 is 0 Å². The van der Waals surface area contributed by atoms with Gasteiger partial charge in [-0.3, -0.25) is 0 Å². The van der Waals surface area contributed by atoms with Crippen LogP contribution in [0.15, 0.2) is 42.5 Å². The molecule has 0 aliphatic heterocycles. The Morgan fingerprint density at radius 2 is 1.67 bits per heavy atom. The Bertz CT molecular complexity index is 585. The van der Waals surface area contributed by atoms with Crippen molar-refractivity contribution in [3.05, 3.63) is 64.7 Å². The molecule has 0 fully saturated rings. The lowest BCUT2D eigenvalue weighted by Crippen LogP contribution is -2.13. The quantitative estimate of drug-likeness (QED) is 0.898. The molecular formula is C19H26N2. The summed E-state index contributed by atoms with van der Waals surface area (Å²) in [4.78, 5) is 2.12. The molecule has 1 unspecified atom stereocenters. The van der Waals surface area contributed by atoms with Gasteiger partial charge in [-0.2, -0.15) is 0 Å². The summed E-state index contributed by atoms with van der Waals surface area (Å²) in [6.45, 7) is 4.26. The van der Waals surface area contributed by atoms with Crippen molar-refractivity contribution < 1.29 is 0 Å². The predicted molar refractivity (Wildman–Crippen MR) is 91.9 cm³/mol. The molecule has 21 heavy (non-hydrogen) atoms. The Balaban J connectivity index is 2.00. The Hall–Kier alpha value is -1.80. The van der Waals surface area contributed by atoms with E-state index in [9.17, 15) is 0 Å². The molecule has 0 radical (unpaired) electrons. The van der Waals surface area contributed by atoms with Crippen molar-refractivity contribution in [3.8, 4) is 0 Å². The van der Waals surface area contributed by atoms with Crippen molar-refractivity contribution in [2.45, 2.75) is 32.7 Å². The van der Waals surface area contributed by atoms with Crippen LogP contribution in [0.2, 0.25) is 0 Å². The summed E-state index contributed by atoms with van der Waals surface area (Å²) in [6, 6.07) is 15.4. The smallest absolute Gasteiger partial charge is 0.0361 e. The highest BCUT2D eigenvalue weighted by atomic mass is 15.1. The molecule has 0 spiro atoms. The molecule has 0 aromatic heterocycles. The van der Waals surface area contributed by atoms with Crippen LogP contribution in [0.1, 0.15) is 34.7 Å². The van der Waals surface area contributed by atoms with Crippen LogP contribution in [0.5, 0.6) is 0 Å². The van der Waals surface area contributed by atoms with Gasteiger partial charge in [0.2, 0.25) is 0 Å². The number of anilines is 1. The third-order valence-electron chi connectivity index (χ3n) is 4.03. The van der Waals surface area contributed by atoms with Crippen LogP contribution in [0.3, 0.4) is 0 Å². The highest BCUT2D eigenvalue weighted by Gasteiger charge is 2.09. The van der Waals surface area contributed by atoms with Crippen molar-refractivity contribution in [3.63, 3.8) is 0 Å². The van der Waals surface area contributed by atoms with Gasteiger partial charge in [0.1, 0.15) is 0 Å². The van der Waals surface area contributed by atoms with Crippen molar-refractivity contribution in [1.82, 2.24) is 0 Å². The summed E-state index contributed by atoms with van der Waals surface area (Å²) in [7, 11) is 4.12. The Kier molecular flexibility index (Phi) is 5.03. The molecule has 0 heterocycles. The maximum atomic E-state index is 6.38. The summed E-state index contributed by atoms with van der Waals surface area (Å²) >= 11 is 0. The lowest BCUT2D eigenvalue weighted by molar-refractivity contribution is 0.647. The fourth-order valence-electron chi connectivity index (χ4n) is 2.60. The second-order valence-electron chi connectivity index (χ2n) is 6.07. The van der Waals surface area contributed by atoms with Crippen LogP contribution in [0.4, 0.5) is 5.69 Å². The van der Waals surface area contributed by atoms with Gasteiger partial charge in [-0.1, -0.05) is 35.9 Å². The molecule has 2 aromatic carbocycles. The SMILES string of the molecule is Cc1ccc(C)c(C(N)CCc2ccc(N(C)C)cc2)c1. The molecule has 2 N–H and O–H groups in total. The third kappa shape index (κ3) is 4.08. The summed E-state index contributed by atoms with van der Waals surface area (Å²) < 4.78 is 0. The number of nitrogens with two attached hydrogens (primary N) is 1. The number of rotatable bonds is 5. The second-order valence-corrected chi connectivity index (χ2v) is 6.07. The zero-order chi connectivity index (χ0) is 15.4. The van der Waals surface area contributed by atoms with Crippen molar-refractivity contribution in [1.29, 1.82) is 0 Å². The zero-order valence-corrected chi connectivity index (χ0v) is 13.6. The lowest BCUT2D eigenvalue weighted by atomic mass is 9.95. The molecule has 0 bridgehead atoms. The van der Waals surface area contributed by atoms with E-state index in [0.717, 1.165) is 12.8 Å². The van der Waals surface area contributed by atoms with Gasteiger partial charge in [-0.15, -0.1) is 0 Å². The Labute approximate surface area is 128 Å². The Morgan fingerprint density at radius 3 is 2.29 bits per heavy atom. The van der Waals surface area contributed by atoms with Gasteiger partial charge in [0.25, 0.3) is 0 Å². The lowest BCUT2D eigenvalue weighted by Gasteiger charge is -2.16. The fraction of sp³-hybridized carbons (Fsp3) is 0.368. The molecule has 0 saturated heterocycles. The average molecular weight is 282 g/mol. The minimum atomic E-state index is 0.110. The first-order chi connectivity index (χ1) is 9.97. The first-order valence-corrected chi connectivity index (χ1v) is 7.56. The molecule has 2 nitrogen and oxygen atoms in total. The highest BCUT2D eigenvalue weighted by molar-refractivity contribution is 5.46. The van der Waals surface area contributed by atoms with E-state index in [1.54, 1.807) is 0 Å². The van der Waals surface area contributed by atoms with Crippen LogP contribution in [0, 0.1) is 13.8 Å². The predicted octanol–water partition coefficient (Wildman–Crippen LogP) is 4.00. The van der Waals surface area contributed by atoms with Crippen LogP contribution < -0.4 is 10.6 Å². The summed E-state index contributed by atoms with van der Waals surface area (Å²) in [5, 5.41) is 0. The minimum Gasteiger partial charge on any atom is -0.378 e. The van der Waals surface area contributed by atoms with Crippen molar-refractivity contribution in [2.24, 2.45) is 5.73 Å². The maximum absolute atomic E-state index is 6.38. The number of hydrogen-bond donors (Lipinski definition) is 1. The van der Waals surface area contributed by atoms with E-state index in [-0.39, 0.29) is 6.04 Å². The first-order valence-electron chi connectivity index (χ1n) is 7.56. The molecule has 0 aliphatic rings. The zero-order valence-electron chi connectivity index (χ0n) is 13.6.